The molecule has 0 saturated carbocycles. The second-order valence-corrected chi connectivity index (χ2v) is 5.62. The van der Waals surface area contributed by atoms with Gasteiger partial charge in [0.2, 0.25) is 5.91 Å². The van der Waals surface area contributed by atoms with Crippen LogP contribution in [-0.2, 0) is 4.79 Å². The number of benzene rings is 1. The van der Waals surface area contributed by atoms with Crippen molar-refractivity contribution in [1.82, 2.24) is 9.80 Å². The van der Waals surface area contributed by atoms with E-state index in [2.05, 4.69) is 24.0 Å². The number of nitrogens with two attached hydrogens (primary N) is 1. The third-order valence-corrected chi connectivity index (χ3v) is 4.18. The van der Waals surface area contributed by atoms with Crippen LogP contribution in [0.4, 0.5) is 0 Å². The first-order valence-electron chi connectivity index (χ1n) is 7.09. The summed E-state index contributed by atoms with van der Waals surface area (Å²) >= 11 is 5.92. The van der Waals surface area contributed by atoms with E-state index >= 15 is 0 Å². The molecular weight excluding hydrogens is 274 g/mol. The maximum absolute atomic E-state index is 11.8. The van der Waals surface area contributed by atoms with E-state index in [1.54, 1.807) is 0 Å². The molecule has 2 rings (SSSR count). The van der Waals surface area contributed by atoms with E-state index in [0.29, 0.717) is 19.0 Å². The van der Waals surface area contributed by atoms with Gasteiger partial charge >= 0.3 is 0 Å². The van der Waals surface area contributed by atoms with Gasteiger partial charge in [0.05, 0.1) is 0 Å². The number of rotatable bonds is 4. The molecule has 2 N–H and O–H groups in total. The van der Waals surface area contributed by atoms with Crippen LogP contribution in [0.2, 0.25) is 5.02 Å². The van der Waals surface area contributed by atoms with Gasteiger partial charge in [0.25, 0.3) is 0 Å². The molecule has 20 heavy (non-hydrogen) atoms. The minimum Gasteiger partial charge on any atom is -0.340 e. The lowest BCUT2D eigenvalue weighted by Gasteiger charge is -2.38. The fourth-order valence-electron chi connectivity index (χ4n) is 2.59. The van der Waals surface area contributed by atoms with Crippen LogP contribution in [0.25, 0.3) is 0 Å². The predicted molar refractivity (Wildman–Crippen MR) is 81.7 cm³/mol. The number of halogens is 1. The van der Waals surface area contributed by atoms with Gasteiger partial charge in [-0.2, -0.15) is 0 Å². The van der Waals surface area contributed by atoms with Crippen molar-refractivity contribution in [3.63, 3.8) is 0 Å². The Kier molecular flexibility index (Phi) is 5.40. The van der Waals surface area contributed by atoms with Gasteiger partial charge in [-0.1, -0.05) is 23.7 Å². The van der Waals surface area contributed by atoms with E-state index in [9.17, 15) is 4.79 Å². The van der Waals surface area contributed by atoms with Gasteiger partial charge in [-0.15, -0.1) is 0 Å². The molecule has 0 aromatic heterocycles. The van der Waals surface area contributed by atoms with Crippen LogP contribution < -0.4 is 5.73 Å². The van der Waals surface area contributed by atoms with E-state index in [0.717, 1.165) is 31.2 Å². The maximum atomic E-state index is 11.8. The van der Waals surface area contributed by atoms with Crippen LogP contribution in [-0.4, -0.2) is 48.4 Å². The van der Waals surface area contributed by atoms with Crippen molar-refractivity contribution >= 4 is 17.5 Å². The third kappa shape index (κ3) is 3.72. The summed E-state index contributed by atoms with van der Waals surface area (Å²) in [5.41, 5.74) is 6.69. The third-order valence-electron chi connectivity index (χ3n) is 3.93. The molecule has 1 amide bonds. The molecule has 4 nitrogen and oxygen atoms in total. The number of hydrogen-bond donors (Lipinski definition) is 1. The summed E-state index contributed by atoms with van der Waals surface area (Å²) in [6.45, 7) is 6.01. The number of carbonyl (C=O) groups excluding carboxylic acids is 1. The highest BCUT2D eigenvalue weighted by atomic mass is 35.5. The average molecular weight is 296 g/mol. The van der Waals surface area contributed by atoms with Crippen molar-refractivity contribution in [2.75, 3.05) is 32.7 Å². The zero-order chi connectivity index (χ0) is 14.5. The minimum absolute atomic E-state index is 0.172. The summed E-state index contributed by atoms with van der Waals surface area (Å²) in [4.78, 5) is 16.1. The molecule has 0 radical (unpaired) electrons. The van der Waals surface area contributed by atoms with E-state index in [1.807, 2.05) is 17.0 Å². The van der Waals surface area contributed by atoms with Crippen molar-refractivity contribution in [2.45, 2.75) is 19.4 Å². The second kappa shape index (κ2) is 7.07. The van der Waals surface area contributed by atoms with Crippen molar-refractivity contribution < 1.29 is 4.79 Å². The zero-order valence-corrected chi connectivity index (χ0v) is 12.6. The van der Waals surface area contributed by atoms with E-state index < -0.39 is 0 Å². The topological polar surface area (TPSA) is 49.6 Å². The van der Waals surface area contributed by atoms with Gasteiger partial charge in [-0.25, -0.2) is 0 Å². The van der Waals surface area contributed by atoms with Crippen LogP contribution in [0.5, 0.6) is 0 Å². The Hall–Kier alpha value is -1.10. The van der Waals surface area contributed by atoms with Crippen LogP contribution in [0.15, 0.2) is 24.3 Å². The molecular formula is C15H22ClN3O. The maximum Gasteiger partial charge on any atom is 0.223 e. The largest absolute Gasteiger partial charge is 0.340 e. The summed E-state index contributed by atoms with van der Waals surface area (Å²) < 4.78 is 0. The van der Waals surface area contributed by atoms with Crippen molar-refractivity contribution in [3.8, 4) is 0 Å². The Labute approximate surface area is 125 Å². The quantitative estimate of drug-likeness (QED) is 0.923. The molecule has 110 valence electrons. The summed E-state index contributed by atoms with van der Waals surface area (Å²) in [7, 11) is 0. The van der Waals surface area contributed by atoms with Gasteiger partial charge in [0.1, 0.15) is 0 Å². The predicted octanol–water partition coefficient (Wildman–Crippen LogP) is 1.89. The minimum atomic E-state index is 0.172. The SMILES string of the molecule is CC(c1ccc(Cl)cc1)N1CCN(C(=O)CCN)CC1. The van der Waals surface area contributed by atoms with Crippen molar-refractivity contribution in [1.29, 1.82) is 0 Å². The lowest BCUT2D eigenvalue weighted by Crippen LogP contribution is -2.49. The summed E-state index contributed by atoms with van der Waals surface area (Å²) in [6.07, 6.45) is 0.451. The first-order valence-corrected chi connectivity index (χ1v) is 7.47. The number of amides is 1. The molecule has 1 aromatic carbocycles. The van der Waals surface area contributed by atoms with Crippen LogP contribution in [0.3, 0.4) is 0 Å². The highest BCUT2D eigenvalue weighted by molar-refractivity contribution is 6.30. The summed E-state index contributed by atoms with van der Waals surface area (Å²) in [5.74, 6) is 0.172. The van der Waals surface area contributed by atoms with Gasteiger partial charge in [-0.3, -0.25) is 9.69 Å². The molecule has 1 fully saturated rings. The smallest absolute Gasteiger partial charge is 0.223 e. The fraction of sp³-hybridized carbons (Fsp3) is 0.533. The second-order valence-electron chi connectivity index (χ2n) is 5.18. The van der Waals surface area contributed by atoms with Gasteiger partial charge in [0, 0.05) is 50.2 Å². The molecule has 1 heterocycles. The van der Waals surface area contributed by atoms with Gasteiger partial charge in [-0.05, 0) is 24.6 Å². The van der Waals surface area contributed by atoms with Crippen LogP contribution in [0, 0.1) is 0 Å². The molecule has 0 bridgehead atoms. The Morgan fingerprint density at radius 1 is 1.25 bits per heavy atom. The monoisotopic (exact) mass is 295 g/mol. The Bertz CT molecular complexity index is 441. The molecule has 1 aromatic rings. The Morgan fingerprint density at radius 2 is 1.85 bits per heavy atom. The van der Waals surface area contributed by atoms with Crippen LogP contribution >= 0.6 is 11.6 Å². The number of hydrogen-bond acceptors (Lipinski definition) is 3. The summed E-state index contributed by atoms with van der Waals surface area (Å²) in [5, 5.41) is 0.762. The molecule has 1 aliphatic heterocycles. The molecule has 5 heteroatoms. The average Bonchev–Trinajstić information content (AvgIpc) is 2.48. The molecule has 0 aliphatic carbocycles. The highest BCUT2D eigenvalue weighted by Gasteiger charge is 2.24. The van der Waals surface area contributed by atoms with Gasteiger partial charge < -0.3 is 10.6 Å². The number of carbonyl (C=O) groups is 1. The van der Waals surface area contributed by atoms with Crippen LogP contribution in [0.1, 0.15) is 24.9 Å². The fourth-order valence-corrected chi connectivity index (χ4v) is 2.72. The Morgan fingerprint density at radius 3 is 2.40 bits per heavy atom. The zero-order valence-electron chi connectivity index (χ0n) is 11.9. The lowest BCUT2D eigenvalue weighted by atomic mass is 10.1. The van der Waals surface area contributed by atoms with E-state index in [-0.39, 0.29) is 5.91 Å². The summed E-state index contributed by atoms with van der Waals surface area (Å²) in [6, 6.07) is 8.33. The molecule has 1 saturated heterocycles. The normalized spacial score (nSPS) is 18.1. The molecule has 0 spiro atoms. The standard InChI is InChI=1S/C15H22ClN3O/c1-12(13-2-4-14(16)5-3-13)18-8-10-19(11-9-18)15(20)6-7-17/h2-5,12H,6-11,17H2,1H3. The Balaban J connectivity index is 1.90. The van der Waals surface area contributed by atoms with E-state index in [4.69, 9.17) is 17.3 Å². The first kappa shape index (κ1) is 15.3. The number of nitrogens with zero attached hydrogens (tertiary/aromatic N) is 2. The molecule has 1 atom stereocenters. The molecule has 1 aliphatic rings. The van der Waals surface area contributed by atoms with Crippen molar-refractivity contribution in [2.24, 2.45) is 5.73 Å². The van der Waals surface area contributed by atoms with Crippen molar-refractivity contribution in [3.05, 3.63) is 34.9 Å². The number of piperazine rings is 1. The lowest BCUT2D eigenvalue weighted by molar-refractivity contribution is -0.133. The molecule has 1 unspecified atom stereocenters. The first-order chi connectivity index (χ1) is 9.61. The van der Waals surface area contributed by atoms with E-state index in [1.165, 1.54) is 5.56 Å². The van der Waals surface area contributed by atoms with Gasteiger partial charge in [0.15, 0.2) is 0 Å². The highest BCUT2D eigenvalue weighted by Crippen LogP contribution is 2.23.